The van der Waals surface area contributed by atoms with Crippen molar-refractivity contribution in [2.45, 2.75) is 19.9 Å². The minimum atomic E-state index is -0.188. The molecule has 5 nitrogen and oxygen atoms in total. The lowest BCUT2D eigenvalue weighted by atomic mass is 10.1. The third-order valence-electron chi connectivity index (χ3n) is 3.69. The van der Waals surface area contributed by atoms with Gasteiger partial charge in [-0.15, -0.1) is 0 Å². The number of nitrogens with one attached hydrogen (secondary N) is 3. The summed E-state index contributed by atoms with van der Waals surface area (Å²) in [6.07, 6.45) is 0. The number of carbonyl (C=O) groups excluding carboxylic acids is 2. The van der Waals surface area contributed by atoms with E-state index >= 15 is 0 Å². The maximum absolute atomic E-state index is 12.1. The van der Waals surface area contributed by atoms with Crippen LogP contribution in [0.4, 0.5) is 5.69 Å². The average molecular weight is 360 g/mol. The molecule has 0 aliphatic carbocycles. The van der Waals surface area contributed by atoms with Gasteiger partial charge in [0.1, 0.15) is 0 Å². The number of anilines is 1. The van der Waals surface area contributed by atoms with E-state index in [-0.39, 0.29) is 24.4 Å². The standard InChI is InChI=1S/C19H22ClN3O2/c1-3-21-19(25)14-7-6-8-15(11-14)23-18(24)12-22-13(2)16-9-4-5-10-17(16)20/h4-11,13,22H,3,12H2,1-2H3,(H,21,25)(H,23,24)/t13-/m0/s1. The summed E-state index contributed by atoms with van der Waals surface area (Å²) in [5.41, 5.74) is 2.04. The molecular formula is C19H22ClN3O2. The summed E-state index contributed by atoms with van der Waals surface area (Å²) in [6.45, 7) is 4.50. The molecular weight excluding hydrogens is 338 g/mol. The molecule has 6 heteroatoms. The van der Waals surface area contributed by atoms with E-state index in [0.717, 1.165) is 5.56 Å². The van der Waals surface area contributed by atoms with Crippen LogP contribution in [0.15, 0.2) is 48.5 Å². The van der Waals surface area contributed by atoms with Crippen molar-refractivity contribution >= 4 is 29.1 Å². The normalized spacial score (nSPS) is 11.6. The Balaban J connectivity index is 1.91. The Labute approximate surface area is 152 Å². The first kappa shape index (κ1) is 19.0. The van der Waals surface area contributed by atoms with Gasteiger partial charge in [-0.3, -0.25) is 9.59 Å². The van der Waals surface area contributed by atoms with Crippen LogP contribution in [0, 0.1) is 0 Å². The maximum atomic E-state index is 12.1. The van der Waals surface area contributed by atoms with Gasteiger partial charge in [-0.05, 0) is 43.7 Å². The fraction of sp³-hybridized carbons (Fsp3) is 0.263. The summed E-state index contributed by atoms with van der Waals surface area (Å²) in [4.78, 5) is 24.0. The summed E-state index contributed by atoms with van der Waals surface area (Å²) < 4.78 is 0. The highest BCUT2D eigenvalue weighted by Crippen LogP contribution is 2.21. The Morgan fingerprint density at radius 3 is 2.60 bits per heavy atom. The highest BCUT2D eigenvalue weighted by atomic mass is 35.5. The Kier molecular flexibility index (Phi) is 6.98. The SMILES string of the molecule is CCNC(=O)c1cccc(NC(=O)CN[C@@H](C)c2ccccc2Cl)c1. The van der Waals surface area contributed by atoms with Crippen LogP contribution in [0.25, 0.3) is 0 Å². The summed E-state index contributed by atoms with van der Waals surface area (Å²) in [5, 5.41) is 9.32. The Bertz CT molecular complexity index is 749. The van der Waals surface area contributed by atoms with Gasteiger partial charge >= 0.3 is 0 Å². The largest absolute Gasteiger partial charge is 0.352 e. The van der Waals surface area contributed by atoms with Crippen molar-refractivity contribution in [2.75, 3.05) is 18.4 Å². The number of carbonyl (C=O) groups is 2. The molecule has 0 fully saturated rings. The van der Waals surface area contributed by atoms with E-state index < -0.39 is 0 Å². The number of benzene rings is 2. The first-order chi connectivity index (χ1) is 12.0. The molecule has 1 atom stereocenters. The van der Waals surface area contributed by atoms with E-state index in [1.54, 1.807) is 24.3 Å². The zero-order valence-corrected chi connectivity index (χ0v) is 15.1. The molecule has 0 aliphatic rings. The zero-order valence-electron chi connectivity index (χ0n) is 14.3. The monoisotopic (exact) mass is 359 g/mol. The minimum absolute atomic E-state index is 0.0545. The molecule has 0 saturated carbocycles. The van der Waals surface area contributed by atoms with Crippen LogP contribution in [0.1, 0.15) is 35.8 Å². The molecule has 2 aromatic rings. The van der Waals surface area contributed by atoms with E-state index in [4.69, 9.17) is 11.6 Å². The Hall–Kier alpha value is -2.37. The molecule has 3 N–H and O–H groups in total. The topological polar surface area (TPSA) is 70.2 Å². The first-order valence-corrected chi connectivity index (χ1v) is 8.55. The molecule has 132 valence electrons. The molecule has 2 rings (SSSR count). The van der Waals surface area contributed by atoms with E-state index in [2.05, 4.69) is 16.0 Å². The second-order valence-corrected chi connectivity index (χ2v) is 6.02. The smallest absolute Gasteiger partial charge is 0.251 e. The number of rotatable bonds is 7. The van der Waals surface area contributed by atoms with Crippen LogP contribution in [0.2, 0.25) is 5.02 Å². The second-order valence-electron chi connectivity index (χ2n) is 5.61. The van der Waals surface area contributed by atoms with Crippen LogP contribution in [0.5, 0.6) is 0 Å². The van der Waals surface area contributed by atoms with Gasteiger partial charge in [0.25, 0.3) is 5.91 Å². The van der Waals surface area contributed by atoms with Crippen molar-refractivity contribution in [1.29, 1.82) is 0 Å². The lowest BCUT2D eigenvalue weighted by molar-refractivity contribution is -0.115. The number of hydrogen-bond donors (Lipinski definition) is 3. The van der Waals surface area contributed by atoms with E-state index in [1.165, 1.54) is 0 Å². The van der Waals surface area contributed by atoms with E-state index in [0.29, 0.717) is 22.8 Å². The van der Waals surface area contributed by atoms with E-state index in [9.17, 15) is 9.59 Å². The van der Waals surface area contributed by atoms with Crippen LogP contribution in [-0.4, -0.2) is 24.9 Å². The molecule has 0 heterocycles. The van der Waals surface area contributed by atoms with Gasteiger partial charge in [-0.25, -0.2) is 0 Å². The minimum Gasteiger partial charge on any atom is -0.352 e. The highest BCUT2D eigenvalue weighted by Gasteiger charge is 2.11. The number of amides is 2. The molecule has 2 aromatic carbocycles. The quantitative estimate of drug-likeness (QED) is 0.709. The predicted octanol–water partition coefficient (Wildman–Crippen LogP) is 3.38. The van der Waals surface area contributed by atoms with Gasteiger partial charge in [-0.2, -0.15) is 0 Å². The van der Waals surface area contributed by atoms with Gasteiger partial charge in [0.05, 0.1) is 6.54 Å². The highest BCUT2D eigenvalue weighted by molar-refractivity contribution is 6.31. The lowest BCUT2D eigenvalue weighted by Crippen LogP contribution is -2.30. The Morgan fingerprint density at radius 1 is 1.12 bits per heavy atom. The lowest BCUT2D eigenvalue weighted by Gasteiger charge is -2.15. The summed E-state index contributed by atoms with van der Waals surface area (Å²) >= 11 is 6.16. The molecule has 25 heavy (non-hydrogen) atoms. The summed E-state index contributed by atoms with van der Waals surface area (Å²) in [5.74, 6) is -0.351. The predicted molar refractivity (Wildman–Crippen MR) is 101 cm³/mol. The molecule has 0 bridgehead atoms. The van der Waals surface area contributed by atoms with Gasteiger partial charge < -0.3 is 16.0 Å². The molecule has 0 aromatic heterocycles. The third kappa shape index (κ3) is 5.59. The molecule has 0 saturated heterocycles. The molecule has 0 spiro atoms. The summed E-state index contributed by atoms with van der Waals surface area (Å²) in [7, 11) is 0. The Morgan fingerprint density at radius 2 is 1.88 bits per heavy atom. The second kappa shape index (κ2) is 9.20. The van der Waals surface area contributed by atoms with Crippen LogP contribution < -0.4 is 16.0 Å². The van der Waals surface area contributed by atoms with Crippen molar-refractivity contribution in [3.63, 3.8) is 0 Å². The van der Waals surface area contributed by atoms with Crippen molar-refractivity contribution in [3.05, 3.63) is 64.7 Å². The number of halogens is 1. The maximum Gasteiger partial charge on any atom is 0.251 e. The average Bonchev–Trinajstić information content (AvgIpc) is 2.60. The van der Waals surface area contributed by atoms with Crippen LogP contribution >= 0.6 is 11.6 Å². The first-order valence-electron chi connectivity index (χ1n) is 8.17. The van der Waals surface area contributed by atoms with Gasteiger partial charge in [-0.1, -0.05) is 35.9 Å². The van der Waals surface area contributed by atoms with E-state index in [1.807, 2.05) is 38.1 Å². The van der Waals surface area contributed by atoms with Crippen LogP contribution in [-0.2, 0) is 4.79 Å². The molecule has 2 amide bonds. The summed E-state index contributed by atoms with van der Waals surface area (Å²) in [6, 6.07) is 14.3. The van der Waals surface area contributed by atoms with Crippen molar-refractivity contribution < 1.29 is 9.59 Å². The number of hydrogen-bond acceptors (Lipinski definition) is 3. The van der Waals surface area contributed by atoms with Gasteiger partial charge in [0, 0.05) is 28.9 Å². The molecule has 0 aliphatic heterocycles. The van der Waals surface area contributed by atoms with Gasteiger partial charge in [0.2, 0.25) is 5.91 Å². The van der Waals surface area contributed by atoms with Gasteiger partial charge in [0.15, 0.2) is 0 Å². The third-order valence-corrected chi connectivity index (χ3v) is 4.03. The molecule has 0 radical (unpaired) electrons. The fourth-order valence-corrected chi connectivity index (χ4v) is 2.69. The zero-order chi connectivity index (χ0) is 18.2. The van der Waals surface area contributed by atoms with Crippen LogP contribution in [0.3, 0.4) is 0 Å². The fourth-order valence-electron chi connectivity index (χ4n) is 2.39. The molecule has 0 unspecified atom stereocenters. The van der Waals surface area contributed by atoms with Crippen molar-refractivity contribution in [3.8, 4) is 0 Å². The van der Waals surface area contributed by atoms with Crippen molar-refractivity contribution in [2.24, 2.45) is 0 Å². The van der Waals surface area contributed by atoms with Crippen molar-refractivity contribution in [1.82, 2.24) is 10.6 Å².